The van der Waals surface area contributed by atoms with Crippen molar-refractivity contribution in [1.29, 1.82) is 0 Å². The van der Waals surface area contributed by atoms with Crippen LogP contribution in [0.25, 0.3) is 18.2 Å². The van der Waals surface area contributed by atoms with Gasteiger partial charge in [-0.1, -0.05) is 73.2 Å². The van der Waals surface area contributed by atoms with Crippen molar-refractivity contribution in [2.24, 2.45) is 0 Å². The van der Waals surface area contributed by atoms with Gasteiger partial charge in [-0.3, -0.25) is 14.5 Å². The van der Waals surface area contributed by atoms with Gasteiger partial charge in [0.25, 0.3) is 5.91 Å². The molecule has 1 atom stereocenters. The van der Waals surface area contributed by atoms with Gasteiger partial charge in [-0.2, -0.15) is 0 Å². The SMILES string of the molecule is CC(C)N(CCC(c1ccccc1)c1cc(CCNC(=O)CCCCCNC(=O)COc2ccc(/C=C/c3ccc4n3[B-](F)(F)[N+]3=C(c5cccs5)C=CC3=C4)cc2)ccc1O)C(C)C. The minimum atomic E-state index is -4.12. The average Bonchev–Trinajstić information content (AvgIpc) is 4.08. The van der Waals surface area contributed by atoms with Crippen LogP contribution >= 0.6 is 11.3 Å². The highest BCUT2D eigenvalue weighted by Gasteiger charge is 2.52. The molecule has 2 aromatic heterocycles. The van der Waals surface area contributed by atoms with Gasteiger partial charge in [0, 0.05) is 72.7 Å². The van der Waals surface area contributed by atoms with Crippen LogP contribution in [0.3, 0.4) is 0 Å². The van der Waals surface area contributed by atoms with Crippen LogP contribution in [0.1, 0.15) is 104 Å². The third kappa shape index (κ3) is 11.8. The minimum absolute atomic E-state index is 0.00299. The summed E-state index contributed by atoms with van der Waals surface area (Å²) in [7, 11) is 0. The fraction of sp³-hybridized carbons (Fsp3) is 0.327. The molecule has 7 rings (SSSR count). The van der Waals surface area contributed by atoms with Gasteiger partial charge < -0.3 is 38.1 Å². The highest BCUT2D eigenvalue weighted by Crippen LogP contribution is 2.36. The number of hydrogen-bond acceptors (Lipinski definition) is 6. The number of carbonyl (C=O) groups excluding carboxylic acids is 2. The summed E-state index contributed by atoms with van der Waals surface area (Å²) in [6, 6.07) is 31.3. The summed E-state index contributed by atoms with van der Waals surface area (Å²) < 4.78 is 40.2. The molecule has 0 aliphatic carbocycles. The molecule has 340 valence electrons. The Labute approximate surface area is 385 Å². The molecule has 3 aromatic carbocycles. The monoisotopic (exact) mass is 899 g/mol. The molecule has 2 aliphatic heterocycles. The number of ether oxygens (including phenoxy) is 1. The van der Waals surface area contributed by atoms with Crippen molar-refractivity contribution in [2.75, 3.05) is 26.2 Å². The Morgan fingerprint density at radius 1 is 0.862 bits per heavy atom. The second-order valence-corrected chi connectivity index (χ2v) is 18.2. The van der Waals surface area contributed by atoms with E-state index in [2.05, 4.69) is 61.4 Å². The molecular weight excluding hydrogens is 839 g/mol. The Hall–Kier alpha value is -6.05. The molecule has 1 unspecified atom stereocenters. The van der Waals surface area contributed by atoms with E-state index in [4.69, 9.17) is 4.74 Å². The minimum Gasteiger partial charge on any atom is -0.508 e. The first kappa shape index (κ1) is 46.9. The molecule has 0 saturated carbocycles. The van der Waals surface area contributed by atoms with Gasteiger partial charge in [-0.15, -0.1) is 11.3 Å². The first-order chi connectivity index (χ1) is 31.4. The molecule has 13 heteroatoms. The lowest BCUT2D eigenvalue weighted by molar-refractivity contribution is -0.360. The number of hydrogen-bond donors (Lipinski definition) is 3. The molecule has 2 aliphatic rings. The third-order valence-electron chi connectivity index (χ3n) is 12.1. The lowest BCUT2D eigenvalue weighted by atomic mass is 9.86. The molecule has 0 bridgehead atoms. The number of amides is 2. The van der Waals surface area contributed by atoms with Gasteiger partial charge >= 0.3 is 6.97 Å². The van der Waals surface area contributed by atoms with Crippen molar-refractivity contribution in [3.8, 4) is 11.5 Å². The van der Waals surface area contributed by atoms with Crippen molar-refractivity contribution in [2.45, 2.75) is 84.2 Å². The first-order valence-electron chi connectivity index (χ1n) is 22.8. The van der Waals surface area contributed by atoms with Gasteiger partial charge in [-0.05, 0) is 124 Å². The Morgan fingerprint density at radius 3 is 2.37 bits per heavy atom. The van der Waals surface area contributed by atoms with E-state index in [1.165, 1.54) is 16.9 Å². The van der Waals surface area contributed by atoms with Crippen molar-refractivity contribution >= 4 is 54.1 Å². The number of halogens is 2. The first-order valence-corrected chi connectivity index (χ1v) is 23.7. The second kappa shape index (κ2) is 21.8. The number of rotatable bonds is 22. The number of phenols is 1. The zero-order chi connectivity index (χ0) is 45.9. The van der Waals surface area contributed by atoms with Gasteiger partial charge in [0.1, 0.15) is 11.5 Å². The van der Waals surface area contributed by atoms with Crippen LogP contribution < -0.4 is 15.4 Å². The number of thiophene rings is 1. The van der Waals surface area contributed by atoms with E-state index < -0.39 is 6.97 Å². The molecule has 5 aromatic rings. The van der Waals surface area contributed by atoms with Crippen LogP contribution in [0.15, 0.2) is 120 Å². The van der Waals surface area contributed by atoms with Gasteiger partial charge in [0.05, 0.1) is 4.88 Å². The quantitative estimate of drug-likeness (QED) is 0.0475. The van der Waals surface area contributed by atoms with E-state index in [1.54, 1.807) is 60.7 Å². The number of carbonyl (C=O) groups is 2. The Bertz CT molecular complexity index is 2520. The summed E-state index contributed by atoms with van der Waals surface area (Å²) in [5.74, 6) is 0.614. The predicted molar refractivity (Wildman–Crippen MR) is 261 cm³/mol. The Morgan fingerprint density at radius 2 is 1.63 bits per heavy atom. The van der Waals surface area contributed by atoms with Crippen LogP contribution in [0.2, 0.25) is 0 Å². The van der Waals surface area contributed by atoms with Crippen molar-refractivity contribution in [3.05, 3.63) is 159 Å². The Balaban J connectivity index is 0.792. The van der Waals surface area contributed by atoms with E-state index in [-0.39, 0.29) is 24.3 Å². The Kier molecular flexibility index (Phi) is 15.7. The third-order valence-corrected chi connectivity index (χ3v) is 13.0. The van der Waals surface area contributed by atoms with Crippen LogP contribution in [0, 0.1) is 0 Å². The predicted octanol–water partition coefficient (Wildman–Crippen LogP) is 10.1. The van der Waals surface area contributed by atoms with E-state index >= 15 is 8.63 Å². The average molecular weight is 900 g/mol. The van der Waals surface area contributed by atoms with Crippen LogP contribution in [0.4, 0.5) is 8.63 Å². The highest BCUT2D eigenvalue weighted by molar-refractivity contribution is 7.12. The van der Waals surface area contributed by atoms with E-state index in [0.29, 0.717) is 78.7 Å². The van der Waals surface area contributed by atoms with Gasteiger partial charge in [0.2, 0.25) is 5.91 Å². The zero-order valence-electron chi connectivity index (χ0n) is 37.8. The molecule has 0 saturated heterocycles. The maximum atomic E-state index is 16.1. The van der Waals surface area contributed by atoms with Gasteiger partial charge in [-0.25, -0.2) is 0 Å². The molecule has 4 heterocycles. The number of phenolic OH excluding ortho intramolecular Hbond substituents is 1. The largest absolute Gasteiger partial charge is 0.737 e. The summed E-state index contributed by atoms with van der Waals surface area (Å²) in [5, 5.41) is 18.8. The summed E-state index contributed by atoms with van der Waals surface area (Å²) in [5.41, 5.74) is 5.78. The molecule has 9 nitrogen and oxygen atoms in total. The molecule has 2 amide bonds. The lowest BCUT2D eigenvalue weighted by Crippen LogP contribution is -2.50. The standard InChI is InChI=1S/C52H60BF2N5O4S/c1-37(2)58(38(3)4)32-29-46(41-12-7-5-8-13-41)47-34-40(19-27-49(47)61)28-31-57-51(62)15-9-6-10-30-56-52(63)36-64-45-24-17-39(18-25-45)16-20-42-21-22-43-35-44-23-26-48(50-14-11-33-65-50)60(44)53(54,55)59(42)43/h5,7-8,11-14,16-27,33-35,37-38,46,61H,6,9-10,15,28-32,36H2,1-4H3,(H,56,63)(H,57,62)/b20-16+. The van der Waals surface area contributed by atoms with E-state index in [9.17, 15) is 14.7 Å². The molecule has 3 N–H and O–H groups in total. The van der Waals surface area contributed by atoms with Crippen LogP contribution in [0.5, 0.6) is 11.5 Å². The zero-order valence-corrected chi connectivity index (χ0v) is 38.6. The van der Waals surface area contributed by atoms with E-state index in [1.807, 2.05) is 53.9 Å². The number of benzene rings is 3. The summed E-state index contributed by atoms with van der Waals surface area (Å²) in [4.78, 5) is 28.4. The summed E-state index contributed by atoms with van der Waals surface area (Å²) in [6.07, 6.45) is 12.9. The molecule has 0 spiro atoms. The number of unbranched alkanes of at least 4 members (excludes halogenated alkanes) is 2. The second-order valence-electron chi connectivity index (χ2n) is 17.3. The maximum Gasteiger partial charge on any atom is 0.737 e. The van der Waals surface area contributed by atoms with Crippen molar-refractivity contribution in [1.82, 2.24) is 20.0 Å². The van der Waals surface area contributed by atoms with Crippen LogP contribution in [-0.2, 0) is 16.0 Å². The van der Waals surface area contributed by atoms with Crippen molar-refractivity contribution in [3.63, 3.8) is 0 Å². The molecule has 0 fully saturated rings. The smallest absolute Gasteiger partial charge is 0.508 e. The topological polar surface area (TPSA) is 98.8 Å². The molecule has 65 heavy (non-hydrogen) atoms. The highest BCUT2D eigenvalue weighted by atomic mass is 32.1. The molecule has 0 radical (unpaired) electrons. The maximum absolute atomic E-state index is 16.1. The van der Waals surface area contributed by atoms with Gasteiger partial charge in [0.15, 0.2) is 18.0 Å². The number of fused-ring (bicyclic) bond motifs is 2. The fourth-order valence-corrected chi connectivity index (χ4v) is 9.58. The number of aromatic hydroxyl groups is 1. The van der Waals surface area contributed by atoms with Crippen molar-refractivity contribution < 1.29 is 32.6 Å². The number of nitrogens with one attached hydrogen (secondary N) is 2. The number of allylic oxidation sites excluding steroid dienone is 2. The fourth-order valence-electron chi connectivity index (χ4n) is 8.84. The number of nitrogens with zero attached hydrogens (tertiary/aromatic N) is 3. The molecular formula is C52H60BF2N5O4S. The lowest BCUT2D eigenvalue weighted by Gasteiger charge is -2.32. The number of aromatic nitrogens is 1. The summed E-state index contributed by atoms with van der Waals surface area (Å²) >= 11 is 1.44. The van der Waals surface area contributed by atoms with E-state index in [0.717, 1.165) is 56.3 Å². The normalized spacial score (nSPS) is 14.6. The van der Waals surface area contributed by atoms with Crippen LogP contribution in [-0.4, -0.2) is 81.8 Å². The summed E-state index contributed by atoms with van der Waals surface area (Å²) in [6.45, 7) is 6.53.